The van der Waals surface area contributed by atoms with Crippen LogP contribution in [-0.4, -0.2) is 14.8 Å². The van der Waals surface area contributed by atoms with Crippen molar-refractivity contribution in [1.29, 1.82) is 0 Å². The van der Waals surface area contributed by atoms with Crippen molar-refractivity contribution >= 4 is 33.4 Å². The first-order chi connectivity index (χ1) is 12.3. The highest BCUT2D eigenvalue weighted by Crippen LogP contribution is 2.23. The quantitative estimate of drug-likeness (QED) is 0.409. The fourth-order valence-electron chi connectivity index (χ4n) is 2.33. The summed E-state index contributed by atoms with van der Waals surface area (Å²) in [5, 5.41) is 13.0. The number of para-hydroxylation sites is 1. The zero-order valence-corrected chi connectivity index (χ0v) is 16.1. The highest BCUT2D eigenvalue weighted by molar-refractivity contribution is 9.10. The maximum Gasteiger partial charge on any atom is 0.191 e. The Kier molecular flexibility index (Phi) is 6.30. The molecule has 4 nitrogen and oxygen atoms in total. The van der Waals surface area contributed by atoms with Gasteiger partial charge in [0.25, 0.3) is 0 Å². The number of halogens is 1. The van der Waals surface area contributed by atoms with E-state index in [0.29, 0.717) is 13.1 Å². The fourth-order valence-corrected chi connectivity index (χ4v) is 3.52. The predicted octanol–water partition coefficient (Wildman–Crippen LogP) is 5.13. The number of anilines is 1. The minimum absolute atomic E-state index is 0.629. The summed E-state index contributed by atoms with van der Waals surface area (Å²) in [5.74, 6) is 1.76. The Morgan fingerprint density at radius 1 is 1.08 bits per heavy atom. The lowest BCUT2D eigenvalue weighted by Gasteiger charge is -2.09. The monoisotopic (exact) mass is 414 g/mol. The molecule has 0 atom stereocenters. The van der Waals surface area contributed by atoms with E-state index in [4.69, 9.17) is 0 Å². The lowest BCUT2D eigenvalue weighted by Crippen LogP contribution is -2.09. The summed E-state index contributed by atoms with van der Waals surface area (Å²) in [6, 6.07) is 18.4. The summed E-state index contributed by atoms with van der Waals surface area (Å²) < 4.78 is 3.19. The molecule has 0 aliphatic heterocycles. The van der Waals surface area contributed by atoms with Gasteiger partial charge in [-0.1, -0.05) is 64.1 Å². The van der Waals surface area contributed by atoms with Crippen molar-refractivity contribution in [2.75, 3.05) is 5.32 Å². The highest BCUT2D eigenvalue weighted by Gasteiger charge is 2.11. The van der Waals surface area contributed by atoms with Crippen LogP contribution in [0.4, 0.5) is 5.69 Å². The van der Waals surface area contributed by atoms with Crippen LogP contribution in [0, 0.1) is 0 Å². The van der Waals surface area contributed by atoms with Gasteiger partial charge in [0.2, 0.25) is 0 Å². The summed E-state index contributed by atoms with van der Waals surface area (Å²) in [6.45, 7) is 5.18. The van der Waals surface area contributed by atoms with Crippen LogP contribution in [0.3, 0.4) is 0 Å². The van der Waals surface area contributed by atoms with E-state index >= 15 is 0 Å². The van der Waals surface area contributed by atoms with Crippen molar-refractivity contribution in [3.05, 3.63) is 83.1 Å². The van der Waals surface area contributed by atoms with Gasteiger partial charge in [-0.25, -0.2) is 0 Å². The number of benzene rings is 2. The second-order valence-electron chi connectivity index (χ2n) is 5.43. The van der Waals surface area contributed by atoms with Crippen molar-refractivity contribution < 1.29 is 0 Å². The number of nitrogens with one attached hydrogen (secondary N) is 1. The van der Waals surface area contributed by atoms with Crippen LogP contribution >= 0.6 is 27.7 Å². The predicted molar refractivity (Wildman–Crippen MR) is 108 cm³/mol. The Balaban J connectivity index is 1.68. The molecule has 1 aromatic heterocycles. The Morgan fingerprint density at radius 3 is 2.56 bits per heavy atom. The Hall–Kier alpha value is -2.05. The maximum atomic E-state index is 4.36. The van der Waals surface area contributed by atoms with Gasteiger partial charge in [-0.15, -0.1) is 16.8 Å². The van der Waals surface area contributed by atoms with Gasteiger partial charge in [-0.05, 0) is 29.8 Å². The molecule has 3 rings (SSSR count). The molecule has 25 heavy (non-hydrogen) atoms. The van der Waals surface area contributed by atoms with Gasteiger partial charge in [0.15, 0.2) is 11.0 Å². The third kappa shape index (κ3) is 4.96. The molecule has 0 saturated heterocycles. The molecule has 0 radical (unpaired) electrons. The molecule has 1 heterocycles. The Morgan fingerprint density at radius 2 is 1.84 bits per heavy atom. The van der Waals surface area contributed by atoms with Crippen molar-refractivity contribution in [2.24, 2.45) is 0 Å². The third-order valence-electron chi connectivity index (χ3n) is 3.61. The van der Waals surface area contributed by atoms with E-state index in [2.05, 4.69) is 66.9 Å². The van der Waals surface area contributed by atoms with E-state index in [1.54, 1.807) is 11.8 Å². The number of hydrogen-bond donors (Lipinski definition) is 1. The zero-order valence-electron chi connectivity index (χ0n) is 13.7. The maximum absolute atomic E-state index is 4.36. The van der Waals surface area contributed by atoms with Gasteiger partial charge in [-0.2, -0.15) is 0 Å². The van der Waals surface area contributed by atoms with E-state index in [1.165, 1.54) is 5.56 Å². The molecular formula is C19H19BrN4S. The summed E-state index contributed by atoms with van der Waals surface area (Å²) in [7, 11) is 0. The van der Waals surface area contributed by atoms with Gasteiger partial charge in [0, 0.05) is 22.5 Å². The first-order valence-corrected chi connectivity index (χ1v) is 9.73. The molecule has 0 fully saturated rings. The van der Waals surface area contributed by atoms with Gasteiger partial charge in [0.1, 0.15) is 0 Å². The highest BCUT2D eigenvalue weighted by atomic mass is 79.9. The number of rotatable bonds is 8. The minimum atomic E-state index is 0.629. The lowest BCUT2D eigenvalue weighted by atomic mass is 10.2. The normalized spacial score (nSPS) is 10.6. The number of aromatic nitrogens is 3. The second kappa shape index (κ2) is 8.87. The van der Waals surface area contributed by atoms with Crippen molar-refractivity contribution in [2.45, 2.75) is 24.0 Å². The summed E-state index contributed by atoms with van der Waals surface area (Å²) in [4.78, 5) is 0. The first-order valence-electron chi connectivity index (χ1n) is 7.95. The SMILES string of the molecule is C=CCn1c(CNc2ccccc2)nnc1SCc1ccc(Br)cc1. The van der Waals surface area contributed by atoms with Crippen LogP contribution in [0.2, 0.25) is 0 Å². The largest absolute Gasteiger partial charge is 0.378 e. The summed E-state index contributed by atoms with van der Waals surface area (Å²) in [5.41, 5.74) is 2.32. The number of thioether (sulfide) groups is 1. The molecular weight excluding hydrogens is 396 g/mol. The summed E-state index contributed by atoms with van der Waals surface area (Å²) >= 11 is 5.15. The van der Waals surface area contributed by atoms with E-state index < -0.39 is 0 Å². The van der Waals surface area contributed by atoms with Gasteiger partial charge in [-0.3, -0.25) is 0 Å². The van der Waals surface area contributed by atoms with Crippen LogP contribution in [0.5, 0.6) is 0 Å². The molecule has 0 aliphatic carbocycles. The fraction of sp³-hybridized carbons (Fsp3) is 0.158. The van der Waals surface area contributed by atoms with E-state index in [-0.39, 0.29) is 0 Å². The Bertz CT molecular complexity index is 815. The molecule has 6 heteroatoms. The van der Waals surface area contributed by atoms with Crippen molar-refractivity contribution in [3.8, 4) is 0 Å². The molecule has 0 spiro atoms. The lowest BCUT2D eigenvalue weighted by molar-refractivity contribution is 0.687. The van der Waals surface area contributed by atoms with E-state index in [9.17, 15) is 0 Å². The minimum Gasteiger partial charge on any atom is -0.378 e. The van der Waals surface area contributed by atoms with Crippen LogP contribution in [0.25, 0.3) is 0 Å². The third-order valence-corrected chi connectivity index (χ3v) is 5.18. The topological polar surface area (TPSA) is 42.7 Å². The van der Waals surface area contributed by atoms with Crippen LogP contribution in [0.15, 0.2) is 76.9 Å². The van der Waals surface area contributed by atoms with Crippen LogP contribution < -0.4 is 5.32 Å². The van der Waals surface area contributed by atoms with Crippen molar-refractivity contribution in [1.82, 2.24) is 14.8 Å². The molecule has 0 saturated carbocycles. The molecule has 128 valence electrons. The van der Waals surface area contributed by atoms with E-state index in [1.807, 2.05) is 36.4 Å². The average Bonchev–Trinajstić information content (AvgIpc) is 3.03. The standard InChI is InChI=1S/C19H19BrN4S/c1-2-12-24-18(13-21-17-6-4-3-5-7-17)22-23-19(24)25-14-15-8-10-16(20)11-9-15/h2-11,21H,1,12-14H2. The molecule has 0 unspecified atom stereocenters. The average molecular weight is 415 g/mol. The first kappa shape index (κ1) is 17.8. The molecule has 0 aliphatic rings. The molecule has 0 amide bonds. The van der Waals surface area contributed by atoms with Crippen LogP contribution in [-0.2, 0) is 18.8 Å². The number of allylic oxidation sites excluding steroid dienone is 1. The second-order valence-corrected chi connectivity index (χ2v) is 7.29. The number of nitrogens with zero attached hydrogens (tertiary/aromatic N) is 3. The molecule has 0 bridgehead atoms. The van der Waals surface area contributed by atoms with Crippen molar-refractivity contribution in [3.63, 3.8) is 0 Å². The van der Waals surface area contributed by atoms with Gasteiger partial charge < -0.3 is 9.88 Å². The van der Waals surface area contributed by atoms with Gasteiger partial charge >= 0.3 is 0 Å². The number of hydrogen-bond acceptors (Lipinski definition) is 4. The van der Waals surface area contributed by atoms with Gasteiger partial charge in [0.05, 0.1) is 6.54 Å². The van der Waals surface area contributed by atoms with E-state index in [0.717, 1.165) is 26.9 Å². The molecule has 3 aromatic rings. The summed E-state index contributed by atoms with van der Waals surface area (Å²) in [6.07, 6.45) is 1.87. The smallest absolute Gasteiger partial charge is 0.191 e. The molecule has 2 aromatic carbocycles. The molecule has 1 N–H and O–H groups in total. The Labute approximate surface area is 160 Å². The van der Waals surface area contributed by atoms with Crippen LogP contribution in [0.1, 0.15) is 11.4 Å². The zero-order chi connectivity index (χ0) is 17.5.